The van der Waals surface area contributed by atoms with Crippen LogP contribution in [0.3, 0.4) is 0 Å². The highest BCUT2D eigenvalue weighted by atomic mass is 16.5. The van der Waals surface area contributed by atoms with Gasteiger partial charge in [0.15, 0.2) is 6.61 Å². The number of benzene rings is 2. The molecule has 108 valence electrons. The lowest BCUT2D eigenvalue weighted by Gasteiger charge is -2.11. The third kappa shape index (κ3) is 3.82. The van der Waals surface area contributed by atoms with E-state index in [1.54, 1.807) is 49.4 Å². The number of hydrogen-bond donors (Lipinski definition) is 2. The number of carboxylic acids is 1. The molecule has 5 heteroatoms. The molecule has 2 aromatic rings. The van der Waals surface area contributed by atoms with Crippen LogP contribution < -0.4 is 10.1 Å². The number of anilines is 1. The van der Waals surface area contributed by atoms with Gasteiger partial charge in [-0.05, 0) is 30.7 Å². The first kappa shape index (κ1) is 14.6. The van der Waals surface area contributed by atoms with E-state index in [4.69, 9.17) is 4.74 Å². The van der Waals surface area contributed by atoms with E-state index >= 15 is 0 Å². The summed E-state index contributed by atoms with van der Waals surface area (Å²) < 4.78 is 5.31. The quantitative estimate of drug-likeness (QED) is 0.885. The minimum Gasteiger partial charge on any atom is -0.484 e. The summed E-state index contributed by atoms with van der Waals surface area (Å²) in [6.45, 7) is 1.50. The zero-order chi connectivity index (χ0) is 15.2. The molecule has 2 aromatic carbocycles. The third-order valence-electron chi connectivity index (χ3n) is 2.87. The number of para-hydroxylation sites is 1. The fourth-order valence-electron chi connectivity index (χ4n) is 1.91. The molecule has 0 atom stereocenters. The minimum absolute atomic E-state index is 0.0885. The van der Waals surface area contributed by atoms with Crippen molar-refractivity contribution >= 4 is 17.6 Å². The molecule has 0 spiro atoms. The first-order valence-corrected chi connectivity index (χ1v) is 6.38. The zero-order valence-electron chi connectivity index (χ0n) is 11.5. The number of carbonyl (C=O) groups is 2. The van der Waals surface area contributed by atoms with Crippen LogP contribution in [-0.4, -0.2) is 23.6 Å². The molecule has 2 N–H and O–H groups in total. The van der Waals surface area contributed by atoms with Crippen LogP contribution in [0.15, 0.2) is 48.5 Å². The Morgan fingerprint density at radius 1 is 1.10 bits per heavy atom. The molecule has 0 aliphatic carbocycles. The molecule has 0 bridgehead atoms. The number of hydrogen-bond acceptors (Lipinski definition) is 3. The lowest BCUT2D eigenvalue weighted by atomic mass is 10.1. The second kappa shape index (κ2) is 6.56. The molecule has 0 aromatic heterocycles. The van der Waals surface area contributed by atoms with Crippen molar-refractivity contribution in [1.29, 1.82) is 0 Å². The number of aryl methyl sites for hydroxylation is 1. The van der Waals surface area contributed by atoms with E-state index in [2.05, 4.69) is 5.32 Å². The lowest BCUT2D eigenvalue weighted by Crippen LogP contribution is -2.21. The van der Waals surface area contributed by atoms with E-state index in [-0.39, 0.29) is 17.9 Å². The number of rotatable bonds is 5. The minimum atomic E-state index is -1.08. The molecule has 1 amide bonds. The molecular weight excluding hydrogens is 270 g/mol. The van der Waals surface area contributed by atoms with Gasteiger partial charge in [0.1, 0.15) is 5.75 Å². The number of aromatic carboxylic acids is 1. The summed E-state index contributed by atoms with van der Waals surface area (Å²) in [5.74, 6) is -0.908. The van der Waals surface area contributed by atoms with Crippen LogP contribution in [0.2, 0.25) is 0 Å². The number of nitrogens with one attached hydrogen (secondary N) is 1. The van der Waals surface area contributed by atoms with Crippen molar-refractivity contribution < 1.29 is 19.4 Å². The van der Waals surface area contributed by atoms with Gasteiger partial charge in [-0.25, -0.2) is 4.79 Å². The van der Waals surface area contributed by atoms with Crippen LogP contribution in [0.1, 0.15) is 15.9 Å². The van der Waals surface area contributed by atoms with E-state index in [0.29, 0.717) is 11.3 Å². The van der Waals surface area contributed by atoms with Crippen LogP contribution in [0.25, 0.3) is 0 Å². The monoisotopic (exact) mass is 285 g/mol. The van der Waals surface area contributed by atoms with Gasteiger partial charge >= 0.3 is 5.97 Å². The standard InChI is InChI=1S/C16H15NO4/c1-11-6-5-9-13(15(11)16(19)20)17-14(18)10-21-12-7-3-2-4-8-12/h2-9H,10H2,1H3,(H,17,18)(H,19,20). The predicted octanol–water partition coefficient (Wildman–Crippen LogP) is 2.71. The Labute approximate surface area is 122 Å². The molecule has 0 aliphatic rings. The maximum atomic E-state index is 11.8. The van der Waals surface area contributed by atoms with E-state index in [1.165, 1.54) is 0 Å². The molecular formula is C16H15NO4. The maximum absolute atomic E-state index is 11.8. The fraction of sp³-hybridized carbons (Fsp3) is 0.125. The smallest absolute Gasteiger partial charge is 0.338 e. The number of ether oxygens (including phenoxy) is 1. The highest BCUT2D eigenvalue weighted by Gasteiger charge is 2.15. The SMILES string of the molecule is Cc1cccc(NC(=O)COc2ccccc2)c1C(=O)O. The second-order valence-corrected chi connectivity index (χ2v) is 4.45. The molecule has 5 nitrogen and oxygen atoms in total. The Morgan fingerprint density at radius 3 is 2.48 bits per heavy atom. The summed E-state index contributed by atoms with van der Waals surface area (Å²) >= 11 is 0. The first-order valence-electron chi connectivity index (χ1n) is 6.38. The Bertz CT molecular complexity index is 653. The van der Waals surface area contributed by atoms with Gasteiger partial charge in [-0.2, -0.15) is 0 Å². The Hall–Kier alpha value is -2.82. The summed E-state index contributed by atoms with van der Waals surface area (Å²) in [6, 6.07) is 13.8. The van der Waals surface area contributed by atoms with Crippen molar-refractivity contribution in [2.45, 2.75) is 6.92 Å². The summed E-state index contributed by atoms with van der Waals surface area (Å²) in [4.78, 5) is 23.1. The molecule has 21 heavy (non-hydrogen) atoms. The Morgan fingerprint density at radius 2 is 1.81 bits per heavy atom. The average Bonchev–Trinajstić information content (AvgIpc) is 2.46. The normalized spacial score (nSPS) is 9.95. The Balaban J connectivity index is 2.03. The van der Waals surface area contributed by atoms with Gasteiger partial charge in [-0.15, -0.1) is 0 Å². The summed E-state index contributed by atoms with van der Waals surface area (Å²) in [7, 11) is 0. The van der Waals surface area contributed by atoms with Crippen LogP contribution in [0.5, 0.6) is 5.75 Å². The molecule has 0 unspecified atom stereocenters. The molecule has 0 heterocycles. The van der Waals surface area contributed by atoms with Crippen LogP contribution in [-0.2, 0) is 4.79 Å². The maximum Gasteiger partial charge on any atom is 0.338 e. The number of amides is 1. The topological polar surface area (TPSA) is 75.6 Å². The summed E-state index contributed by atoms with van der Waals surface area (Å²) in [5.41, 5.74) is 0.944. The van der Waals surface area contributed by atoms with E-state index in [9.17, 15) is 14.7 Å². The average molecular weight is 285 g/mol. The zero-order valence-corrected chi connectivity index (χ0v) is 11.5. The molecule has 0 aliphatic heterocycles. The van der Waals surface area contributed by atoms with Crippen LogP contribution in [0.4, 0.5) is 5.69 Å². The lowest BCUT2D eigenvalue weighted by molar-refractivity contribution is -0.118. The van der Waals surface area contributed by atoms with Gasteiger partial charge in [0, 0.05) is 0 Å². The van der Waals surface area contributed by atoms with E-state index in [0.717, 1.165) is 0 Å². The highest BCUT2D eigenvalue weighted by Crippen LogP contribution is 2.19. The number of carbonyl (C=O) groups excluding carboxylic acids is 1. The summed E-state index contributed by atoms with van der Waals surface area (Å²) in [5, 5.41) is 11.7. The van der Waals surface area contributed by atoms with Gasteiger partial charge in [0.05, 0.1) is 11.3 Å². The van der Waals surface area contributed by atoms with Gasteiger partial charge < -0.3 is 15.2 Å². The van der Waals surface area contributed by atoms with Crippen molar-refractivity contribution in [2.75, 3.05) is 11.9 Å². The molecule has 0 saturated carbocycles. The van der Waals surface area contributed by atoms with Gasteiger partial charge in [0.2, 0.25) is 0 Å². The van der Waals surface area contributed by atoms with Crippen molar-refractivity contribution in [3.8, 4) is 5.75 Å². The first-order chi connectivity index (χ1) is 10.1. The molecule has 0 fully saturated rings. The van der Waals surface area contributed by atoms with Crippen molar-refractivity contribution in [3.05, 3.63) is 59.7 Å². The second-order valence-electron chi connectivity index (χ2n) is 4.45. The van der Waals surface area contributed by atoms with E-state index < -0.39 is 11.9 Å². The number of carboxylic acid groups (broad SMARTS) is 1. The van der Waals surface area contributed by atoms with Gasteiger partial charge in [0.25, 0.3) is 5.91 Å². The van der Waals surface area contributed by atoms with Gasteiger partial charge in [-0.3, -0.25) is 4.79 Å². The largest absolute Gasteiger partial charge is 0.484 e. The van der Waals surface area contributed by atoms with Crippen LogP contribution in [0, 0.1) is 6.92 Å². The molecule has 0 radical (unpaired) electrons. The molecule has 0 saturated heterocycles. The predicted molar refractivity (Wildman–Crippen MR) is 78.7 cm³/mol. The third-order valence-corrected chi connectivity index (χ3v) is 2.87. The van der Waals surface area contributed by atoms with E-state index in [1.807, 2.05) is 6.07 Å². The molecule has 2 rings (SSSR count). The fourth-order valence-corrected chi connectivity index (χ4v) is 1.91. The van der Waals surface area contributed by atoms with Crippen LogP contribution >= 0.6 is 0 Å². The van der Waals surface area contributed by atoms with Crippen molar-refractivity contribution in [3.63, 3.8) is 0 Å². The Kier molecular flexibility index (Phi) is 4.56. The van der Waals surface area contributed by atoms with Crippen molar-refractivity contribution in [2.24, 2.45) is 0 Å². The summed E-state index contributed by atoms with van der Waals surface area (Å²) in [6.07, 6.45) is 0. The highest BCUT2D eigenvalue weighted by molar-refractivity contribution is 6.01. The van der Waals surface area contributed by atoms with Gasteiger partial charge in [-0.1, -0.05) is 30.3 Å². The van der Waals surface area contributed by atoms with Crippen molar-refractivity contribution in [1.82, 2.24) is 0 Å².